The number of rotatable bonds is 3. The van der Waals surface area contributed by atoms with Crippen molar-refractivity contribution in [3.8, 4) is 0 Å². The van der Waals surface area contributed by atoms with Gasteiger partial charge >= 0.3 is 0 Å². The summed E-state index contributed by atoms with van der Waals surface area (Å²) in [5.41, 5.74) is 11.1. The SMILES string of the molecule is Cc1ccc(C=NNC(=O)c2cc(Br)ccc2N)cc1.Cl. The van der Waals surface area contributed by atoms with Crippen LogP contribution in [0.4, 0.5) is 5.69 Å². The fraction of sp³-hybridized carbons (Fsp3) is 0.0667. The topological polar surface area (TPSA) is 67.5 Å². The summed E-state index contributed by atoms with van der Waals surface area (Å²) in [4.78, 5) is 11.9. The van der Waals surface area contributed by atoms with Gasteiger partial charge in [-0.3, -0.25) is 4.79 Å². The van der Waals surface area contributed by atoms with Crippen molar-refractivity contribution in [3.63, 3.8) is 0 Å². The van der Waals surface area contributed by atoms with E-state index in [1.165, 1.54) is 5.56 Å². The van der Waals surface area contributed by atoms with Gasteiger partial charge in [-0.25, -0.2) is 5.43 Å². The first-order valence-corrected chi connectivity index (χ1v) is 6.80. The van der Waals surface area contributed by atoms with Crippen molar-refractivity contribution in [1.29, 1.82) is 0 Å². The molecular formula is C15H15BrClN3O. The van der Waals surface area contributed by atoms with Crippen molar-refractivity contribution >= 4 is 46.1 Å². The van der Waals surface area contributed by atoms with Gasteiger partial charge in [0.05, 0.1) is 11.8 Å². The minimum atomic E-state index is -0.341. The summed E-state index contributed by atoms with van der Waals surface area (Å²) in [6, 6.07) is 12.9. The number of anilines is 1. The number of nitrogens with zero attached hydrogens (tertiary/aromatic N) is 1. The van der Waals surface area contributed by atoms with Gasteiger partial charge in [0.2, 0.25) is 0 Å². The molecule has 2 aromatic carbocycles. The van der Waals surface area contributed by atoms with Crippen LogP contribution in [0.15, 0.2) is 52.0 Å². The monoisotopic (exact) mass is 367 g/mol. The largest absolute Gasteiger partial charge is 0.398 e. The van der Waals surface area contributed by atoms with E-state index in [0.717, 1.165) is 10.0 Å². The lowest BCUT2D eigenvalue weighted by molar-refractivity contribution is 0.0956. The molecule has 0 heterocycles. The third-order valence-electron chi connectivity index (χ3n) is 2.72. The molecule has 0 radical (unpaired) electrons. The van der Waals surface area contributed by atoms with Crippen LogP contribution in [-0.4, -0.2) is 12.1 Å². The van der Waals surface area contributed by atoms with Crippen molar-refractivity contribution in [1.82, 2.24) is 5.43 Å². The van der Waals surface area contributed by atoms with Gasteiger partial charge in [0.15, 0.2) is 0 Å². The smallest absolute Gasteiger partial charge is 0.273 e. The first-order chi connectivity index (χ1) is 9.56. The summed E-state index contributed by atoms with van der Waals surface area (Å²) >= 11 is 3.30. The second-order valence-corrected chi connectivity index (χ2v) is 5.26. The first kappa shape index (κ1) is 17.2. The molecule has 1 amide bonds. The molecule has 0 saturated carbocycles. The highest BCUT2D eigenvalue weighted by Gasteiger charge is 2.08. The Bertz CT molecular complexity index is 656. The molecule has 0 aliphatic heterocycles. The van der Waals surface area contributed by atoms with E-state index >= 15 is 0 Å². The first-order valence-electron chi connectivity index (χ1n) is 6.01. The van der Waals surface area contributed by atoms with Crippen LogP contribution in [0.3, 0.4) is 0 Å². The Labute approximate surface area is 138 Å². The molecule has 0 atom stereocenters. The zero-order valence-corrected chi connectivity index (χ0v) is 13.7. The van der Waals surface area contributed by atoms with Crippen molar-refractivity contribution in [2.24, 2.45) is 5.10 Å². The Morgan fingerprint density at radius 1 is 1.24 bits per heavy atom. The normalized spacial score (nSPS) is 10.2. The number of hydrogen-bond donors (Lipinski definition) is 2. The number of nitrogen functional groups attached to an aromatic ring is 1. The molecule has 0 fully saturated rings. The molecule has 3 N–H and O–H groups in total. The molecular weight excluding hydrogens is 354 g/mol. The zero-order valence-electron chi connectivity index (χ0n) is 11.3. The fourth-order valence-corrected chi connectivity index (χ4v) is 1.96. The van der Waals surface area contributed by atoms with Crippen LogP contribution >= 0.6 is 28.3 Å². The van der Waals surface area contributed by atoms with E-state index in [1.54, 1.807) is 24.4 Å². The molecule has 110 valence electrons. The second-order valence-electron chi connectivity index (χ2n) is 4.34. The number of hydrogen-bond acceptors (Lipinski definition) is 3. The van der Waals surface area contributed by atoms with Gasteiger partial charge in [-0.05, 0) is 30.7 Å². The maximum absolute atomic E-state index is 11.9. The average molecular weight is 369 g/mol. The molecule has 0 aromatic heterocycles. The van der Waals surface area contributed by atoms with Gasteiger partial charge in [0.25, 0.3) is 5.91 Å². The standard InChI is InChI=1S/C15H14BrN3O.ClH/c1-10-2-4-11(5-3-10)9-18-19-15(20)13-8-12(16)6-7-14(13)17;/h2-9H,17H2,1H3,(H,19,20);1H. The van der Waals surface area contributed by atoms with Crippen molar-refractivity contribution in [2.45, 2.75) is 6.92 Å². The van der Waals surface area contributed by atoms with Gasteiger partial charge < -0.3 is 5.73 Å². The summed E-state index contributed by atoms with van der Waals surface area (Å²) in [7, 11) is 0. The van der Waals surface area contributed by atoms with Gasteiger partial charge in [0.1, 0.15) is 0 Å². The highest BCUT2D eigenvalue weighted by atomic mass is 79.9. The lowest BCUT2D eigenvalue weighted by atomic mass is 10.2. The quantitative estimate of drug-likeness (QED) is 0.494. The molecule has 0 aliphatic carbocycles. The van der Waals surface area contributed by atoms with Crippen molar-refractivity contribution in [2.75, 3.05) is 5.73 Å². The highest BCUT2D eigenvalue weighted by molar-refractivity contribution is 9.10. The summed E-state index contributed by atoms with van der Waals surface area (Å²) in [6.45, 7) is 2.01. The van der Waals surface area contributed by atoms with Crippen LogP contribution in [0.1, 0.15) is 21.5 Å². The zero-order chi connectivity index (χ0) is 14.5. The fourth-order valence-electron chi connectivity index (χ4n) is 1.60. The van der Waals surface area contributed by atoms with Gasteiger partial charge in [0, 0.05) is 10.2 Å². The molecule has 2 aromatic rings. The Hall–Kier alpha value is -1.85. The maximum Gasteiger partial charge on any atom is 0.273 e. The van der Waals surface area contributed by atoms with Crippen LogP contribution in [0.2, 0.25) is 0 Å². The number of amides is 1. The summed E-state index contributed by atoms with van der Waals surface area (Å²) in [5, 5.41) is 3.92. The Balaban J connectivity index is 0.00000220. The Morgan fingerprint density at radius 3 is 2.57 bits per heavy atom. The minimum absolute atomic E-state index is 0. The van der Waals surface area contributed by atoms with Crippen LogP contribution in [0.5, 0.6) is 0 Å². The van der Waals surface area contributed by atoms with E-state index in [1.807, 2.05) is 31.2 Å². The maximum atomic E-state index is 11.9. The molecule has 21 heavy (non-hydrogen) atoms. The molecule has 6 heteroatoms. The van der Waals surface area contributed by atoms with Gasteiger partial charge in [-0.15, -0.1) is 12.4 Å². The van der Waals surface area contributed by atoms with E-state index in [0.29, 0.717) is 11.3 Å². The summed E-state index contributed by atoms with van der Waals surface area (Å²) in [6.07, 6.45) is 1.59. The van der Waals surface area contributed by atoms with Crippen molar-refractivity contribution < 1.29 is 4.79 Å². The number of halogens is 2. The molecule has 0 saturated heterocycles. The summed E-state index contributed by atoms with van der Waals surface area (Å²) < 4.78 is 0.791. The third kappa shape index (κ3) is 4.88. The Kier molecular flexibility index (Phi) is 6.39. The number of aryl methyl sites for hydroxylation is 1. The number of hydrazone groups is 1. The summed E-state index contributed by atoms with van der Waals surface area (Å²) in [5.74, 6) is -0.341. The second kappa shape index (κ2) is 7.81. The molecule has 0 bridgehead atoms. The van der Waals surface area contributed by atoms with Crippen LogP contribution in [-0.2, 0) is 0 Å². The molecule has 0 spiro atoms. The average Bonchev–Trinajstić information content (AvgIpc) is 2.43. The minimum Gasteiger partial charge on any atom is -0.398 e. The predicted octanol–water partition coefficient (Wildman–Crippen LogP) is 3.53. The molecule has 0 aliphatic rings. The highest BCUT2D eigenvalue weighted by Crippen LogP contribution is 2.18. The number of nitrogens with two attached hydrogens (primary N) is 1. The molecule has 2 rings (SSSR count). The van der Waals surface area contributed by atoms with Gasteiger partial charge in [-0.2, -0.15) is 5.10 Å². The predicted molar refractivity (Wildman–Crippen MR) is 92.0 cm³/mol. The van der Waals surface area contributed by atoms with Crippen molar-refractivity contribution in [3.05, 3.63) is 63.6 Å². The van der Waals surface area contributed by atoms with E-state index < -0.39 is 0 Å². The van der Waals surface area contributed by atoms with Gasteiger partial charge in [-0.1, -0.05) is 45.8 Å². The third-order valence-corrected chi connectivity index (χ3v) is 3.21. The Morgan fingerprint density at radius 2 is 1.90 bits per heavy atom. The molecule has 4 nitrogen and oxygen atoms in total. The van der Waals surface area contributed by atoms with E-state index in [-0.39, 0.29) is 18.3 Å². The molecule has 0 unspecified atom stereocenters. The van der Waals surface area contributed by atoms with E-state index in [4.69, 9.17) is 5.73 Å². The number of carbonyl (C=O) groups excluding carboxylic acids is 1. The van der Waals surface area contributed by atoms with E-state index in [9.17, 15) is 4.79 Å². The van der Waals surface area contributed by atoms with Crippen LogP contribution < -0.4 is 11.2 Å². The van der Waals surface area contributed by atoms with E-state index in [2.05, 4.69) is 26.5 Å². The number of nitrogens with one attached hydrogen (secondary N) is 1. The lowest BCUT2D eigenvalue weighted by Gasteiger charge is -2.04. The lowest BCUT2D eigenvalue weighted by Crippen LogP contribution is -2.19. The number of benzene rings is 2. The number of carbonyl (C=O) groups is 1. The van der Waals surface area contributed by atoms with Crippen LogP contribution in [0, 0.1) is 6.92 Å². The van der Waals surface area contributed by atoms with Crippen LogP contribution in [0.25, 0.3) is 0 Å².